The molecule has 0 radical (unpaired) electrons. The number of rotatable bonds is 7. The Balaban J connectivity index is 2.61. The van der Waals surface area contributed by atoms with Crippen molar-refractivity contribution in [1.29, 1.82) is 0 Å². The fraction of sp³-hybridized carbons (Fsp3) is 0.500. The zero-order chi connectivity index (χ0) is 14.3. The molecule has 2 nitrogen and oxygen atoms in total. The summed E-state index contributed by atoms with van der Waals surface area (Å²) in [6.07, 6.45) is 3.36. The third kappa shape index (κ3) is 6.00. The Kier molecular flexibility index (Phi) is 8.34. The van der Waals surface area contributed by atoms with Gasteiger partial charge in [0.15, 0.2) is 0 Å². The van der Waals surface area contributed by atoms with E-state index < -0.39 is 0 Å². The highest BCUT2D eigenvalue weighted by atomic mass is 127. The zero-order valence-corrected chi connectivity index (χ0v) is 15.4. The topological polar surface area (TPSA) is 29.1 Å². The molecule has 0 heterocycles. The molecule has 1 N–H and O–H groups in total. The van der Waals surface area contributed by atoms with Crippen molar-refractivity contribution in [3.05, 3.63) is 32.4 Å². The first-order valence-corrected chi connectivity index (χ1v) is 8.95. The minimum absolute atomic E-state index is 0.0393. The van der Waals surface area contributed by atoms with Gasteiger partial charge in [-0.2, -0.15) is 0 Å². The molecule has 1 amide bonds. The molecule has 1 unspecified atom stereocenters. The summed E-state index contributed by atoms with van der Waals surface area (Å²) in [5, 5.41) is 4.58. The molecule has 0 bridgehead atoms. The van der Waals surface area contributed by atoms with Crippen LogP contribution in [0.1, 0.15) is 36.5 Å². The standard InChI is InChI=1S/C14H18BrClINO/c1-2-3-10(6-7-15)9-18-14(19)12-8-11(16)4-5-13(12)17/h4-5,8,10H,2-3,6-7,9H2,1H3,(H,18,19). The predicted octanol–water partition coefficient (Wildman–Crippen LogP) is 4.88. The van der Waals surface area contributed by atoms with Crippen LogP contribution >= 0.6 is 50.1 Å². The molecular weight excluding hydrogens is 440 g/mol. The first-order chi connectivity index (χ1) is 9.08. The average Bonchev–Trinajstić information content (AvgIpc) is 2.39. The second kappa shape index (κ2) is 9.19. The van der Waals surface area contributed by atoms with Gasteiger partial charge >= 0.3 is 0 Å². The van der Waals surface area contributed by atoms with Crippen LogP contribution in [0, 0.1) is 9.49 Å². The molecule has 5 heteroatoms. The van der Waals surface area contributed by atoms with E-state index in [1.54, 1.807) is 12.1 Å². The van der Waals surface area contributed by atoms with Crippen molar-refractivity contribution < 1.29 is 4.79 Å². The molecule has 0 fully saturated rings. The number of halogens is 3. The number of amides is 1. The highest BCUT2D eigenvalue weighted by molar-refractivity contribution is 14.1. The largest absolute Gasteiger partial charge is 0.352 e. The van der Waals surface area contributed by atoms with Crippen molar-refractivity contribution in [3.63, 3.8) is 0 Å². The average molecular weight is 459 g/mol. The van der Waals surface area contributed by atoms with Crippen molar-refractivity contribution in [2.24, 2.45) is 5.92 Å². The van der Waals surface area contributed by atoms with Crippen LogP contribution < -0.4 is 5.32 Å². The summed E-state index contributed by atoms with van der Waals surface area (Å²) in [6.45, 7) is 2.89. The van der Waals surface area contributed by atoms with Crippen LogP contribution in [0.25, 0.3) is 0 Å². The monoisotopic (exact) mass is 457 g/mol. The van der Waals surface area contributed by atoms with Gasteiger partial charge in [0.25, 0.3) is 5.91 Å². The van der Waals surface area contributed by atoms with Gasteiger partial charge < -0.3 is 5.32 Å². The first kappa shape index (κ1) is 17.2. The molecule has 0 aliphatic carbocycles. The van der Waals surface area contributed by atoms with Gasteiger partial charge in [0.2, 0.25) is 0 Å². The molecule has 1 aromatic carbocycles. The molecule has 19 heavy (non-hydrogen) atoms. The molecule has 0 saturated heterocycles. The summed E-state index contributed by atoms with van der Waals surface area (Å²) in [7, 11) is 0. The van der Waals surface area contributed by atoms with E-state index in [0.29, 0.717) is 16.5 Å². The van der Waals surface area contributed by atoms with Gasteiger partial charge in [-0.25, -0.2) is 0 Å². The predicted molar refractivity (Wildman–Crippen MR) is 93.3 cm³/mol. The lowest BCUT2D eigenvalue weighted by Crippen LogP contribution is -2.30. The molecule has 1 aromatic rings. The first-order valence-electron chi connectivity index (χ1n) is 6.37. The fourth-order valence-electron chi connectivity index (χ4n) is 1.91. The Morgan fingerprint density at radius 3 is 2.84 bits per heavy atom. The quantitative estimate of drug-likeness (QED) is 0.458. The van der Waals surface area contributed by atoms with Crippen LogP contribution in [0.4, 0.5) is 0 Å². The maximum absolute atomic E-state index is 12.1. The molecular formula is C14H18BrClINO. The van der Waals surface area contributed by atoms with Crippen molar-refractivity contribution in [1.82, 2.24) is 5.32 Å². The van der Waals surface area contributed by atoms with Crippen LogP contribution in [0.5, 0.6) is 0 Å². The molecule has 0 saturated carbocycles. The van der Waals surface area contributed by atoms with E-state index in [9.17, 15) is 4.79 Å². The molecule has 106 valence electrons. The van der Waals surface area contributed by atoms with E-state index >= 15 is 0 Å². The third-order valence-electron chi connectivity index (χ3n) is 2.94. The fourth-order valence-corrected chi connectivity index (χ4v) is 3.31. The summed E-state index contributed by atoms with van der Waals surface area (Å²) in [6, 6.07) is 5.38. The minimum Gasteiger partial charge on any atom is -0.352 e. The lowest BCUT2D eigenvalue weighted by atomic mass is 10.0. The number of benzene rings is 1. The Hall–Kier alpha value is 0.190. The van der Waals surface area contributed by atoms with Gasteiger partial charge in [-0.1, -0.05) is 40.9 Å². The highest BCUT2D eigenvalue weighted by Crippen LogP contribution is 2.18. The maximum atomic E-state index is 12.1. The third-order valence-corrected chi connectivity index (χ3v) is 4.57. The Morgan fingerprint density at radius 1 is 1.47 bits per heavy atom. The van der Waals surface area contributed by atoms with E-state index in [2.05, 4.69) is 50.8 Å². The normalized spacial score (nSPS) is 12.2. The van der Waals surface area contributed by atoms with Gasteiger partial charge in [-0.15, -0.1) is 0 Å². The summed E-state index contributed by atoms with van der Waals surface area (Å²) in [4.78, 5) is 12.1. The van der Waals surface area contributed by atoms with E-state index in [4.69, 9.17) is 11.6 Å². The Labute approximate surface area is 141 Å². The van der Waals surface area contributed by atoms with Gasteiger partial charge in [-0.3, -0.25) is 4.79 Å². The number of nitrogens with one attached hydrogen (secondary N) is 1. The van der Waals surface area contributed by atoms with Crippen LogP contribution in [0.15, 0.2) is 18.2 Å². The van der Waals surface area contributed by atoms with E-state index in [1.807, 2.05) is 6.07 Å². The summed E-state index contributed by atoms with van der Waals surface area (Å²) >= 11 is 11.6. The zero-order valence-electron chi connectivity index (χ0n) is 10.9. The number of alkyl halides is 1. The van der Waals surface area contributed by atoms with Gasteiger partial charge in [0, 0.05) is 20.5 Å². The number of carbonyl (C=O) groups is 1. The summed E-state index contributed by atoms with van der Waals surface area (Å²) < 4.78 is 0.923. The Morgan fingerprint density at radius 2 is 2.21 bits per heavy atom. The van der Waals surface area contributed by atoms with Crippen LogP contribution in [0.2, 0.25) is 5.02 Å². The second-order valence-electron chi connectivity index (χ2n) is 4.47. The molecule has 0 spiro atoms. The SMILES string of the molecule is CCCC(CCBr)CNC(=O)c1cc(Cl)ccc1I. The summed E-state index contributed by atoms with van der Waals surface area (Å²) in [5.74, 6) is 0.493. The van der Waals surface area contributed by atoms with Crippen molar-refractivity contribution in [3.8, 4) is 0 Å². The minimum atomic E-state index is -0.0393. The lowest BCUT2D eigenvalue weighted by Gasteiger charge is -2.16. The van der Waals surface area contributed by atoms with Crippen molar-refractivity contribution in [2.75, 3.05) is 11.9 Å². The van der Waals surface area contributed by atoms with Crippen LogP contribution in [-0.4, -0.2) is 17.8 Å². The van der Waals surface area contributed by atoms with E-state index in [0.717, 1.165) is 34.7 Å². The van der Waals surface area contributed by atoms with E-state index in [1.165, 1.54) is 0 Å². The van der Waals surface area contributed by atoms with E-state index in [-0.39, 0.29) is 5.91 Å². The van der Waals surface area contributed by atoms with Crippen molar-refractivity contribution in [2.45, 2.75) is 26.2 Å². The lowest BCUT2D eigenvalue weighted by molar-refractivity contribution is 0.0945. The highest BCUT2D eigenvalue weighted by Gasteiger charge is 2.13. The van der Waals surface area contributed by atoms with Gasteiger partial charge in [-0.05, 0) is 59.5 Å². The smallest absolute Gasteiger partial charge is 0.252 e. The number of hydrogen-bond donors (Lipinski definition) is 1. The van der Waals surface area contributed by atoms with Gasteiger partial charge in [0.05, 0.1) is 5.56 Å². The molecule has 0 aromatic heterocycles. The molecule has 0 aliphatic heterocycles. The van der Waals surface area contributed by atoms with Crippen LogP contribution in [-0.2, 0) is 0 Å². The van der Waals surface area contributed by atoms with Crippen molar-refractivity contribution >= 4 is 56.0 Å². The second-order valence-corrected chi connectivity index (χ2v) is 6.86. The maximum Gasteiger partial charge on any atom is 0.252 e. The van der Waals surface area contributed by atoms with Gasteiger partial charge in [0.1, 0.15) is 0 Å². The Bertz CT molecular complexity index is 422. The molecule has 0 aliphatic rings. The number of hydrogen-bond acceptors (Lipinski definition) is 1. The molecule has 1 atom stereocenters. The van der Waals surface area contributed by atoms with Crippen LogP contribution in [0.3, 0.4) is 0 Å². The molecule has 1 rings (SSSR count). The number of carbonyl (C=O) groups excluding carboxylic acids is 1. The summed E-state index contributed by atoms with van der Waals surface area (Å²) in [5.41, 5.74) is 0.655.